The molecule has 0 radical (unpaired) electrons. The van der Waals surface area contributed by atoms with E-state index in [1.165, 1.54) is 0 Å². The van der Waals surface area contributed by atoms with Crippen LogP contribution in [0.3, 0.4) is 0 Å². The number of fused-ring (bicyclic) bond motifs is 1. The minimum atomic E-state index is -0.330. The summed E-state index contributed by atoms with van der Waals surface area (Å²) in [6, 6.07) is 12.4. The number of carbonyl (C=O) groups is 1. The van der Waals surface area contributed by atoms with Crippen LogP contribution in [-0.2, 0) is 0 Å². The van der Waals surface area contributed by atoms with Crippen molar-refractivity contribution in [2.75, 3.05) is 17.7 Å². The molecule has 0 atom stereocenters. The van der Waals surface area contributed by atoms with Crippen LogP contribution in [0.5, 0.6) is 5.75 Å². The van der Waals surface area contributed by atoms with Gasteiger partial charge < -0.3 is 15.4 Å². The predicted octanol–water partition coefficient (Wildman–Crippen LogP) is 3.59. The Bertz CT molecular complexity index is 847. The Morgan fingerprint density at radius 3 is 2.65 bits per heavy atom. The van der Waals surface area contributed by atoms with E-state index in [4.69, 9.17) is 4.74 Å². The van der Waals surface area contributed by atoms with Crippen molar-refractivity contribution in [3.05, 3.63) is 54.4 Å². The standard InChI is InChI=1S/C17H16N4O2/c1-11-15(10-12-4-3-9-18-16(12)19-11)21-17(22)20-13-5-7-14(23-2)8-6-13/h3-10H,1-2H3,(H2,20,21,22). The lowest BCUT2D eigenvalue weighted by molar-refractivity contribution is 0.262. The second-order valence-electron chi connectivity index (χ2n) is 4.98. The van der Waals surface area contributed by atoms with Crippen LogP contribution in [0.1, 0.15) is 5.69 Å². The van der Waals surface area contributed by atoms with E-state index >= 15 is 0 Å². The lowest BCUT2D eigenvalue weighted by atomic mass is 10.2. The van der Waals surface area contributed by atoms with E-state index in [1.54, 1.807) is 37.6 Å². The third-order valence-electron chi connectivity index (χ3n) is 3.38. The number of amides is 2. The van der Waals surface area contributed by atoms with Gasteiger partial charge >= 0.3 is 6.03 Å². The molecule has 23 heavy (non-hydrogen) atoms. The molecule has 6 nitrogen and oxygen atoms in total. The largest absolute Gasteiger partial charge is 0.497 e. The quantitative estimate of drug-likeness (QED) is 0.775. The van der Waals surface area contributed by atoms with E-state index in [-0.39, 0.29) is 6.03 Å². The highest BCUT2D eigenvalue weighted by atomic mass is 16.5. The third-order valence-corrected chi connectivity index (χ3v) is 3.38. The van der Waals surface area contributed by atoms with E-state index in [9.17, 15) is 4.79 Å². The molecule has 0 aliphatic carbocycles. The number of rotatable bonds is 3. The van der Waals surface area contributed by atoms with Crippen molar-refractivity contribution in [2.45, 2.75) is 6.92 Å². The van der Waals surface area contributed by atoms with E-state index in [1.807, 2.05) is 25.1 Å². The molecule has 3 rings (SSSR count). The van der Waals surface area contributed by atoms with Crippen molar-refractivity contribution in [3.63, 3.8) is 0 Å². The van der Waals surface area contributed by atoms with Crippen LogP contribution in [0.4, 0.5) is 16.2 Å². The number of hydrogen-bond acceptors (Lipinski definition) is 4. The highest BCUT2D eigenvalue weighted by molar-refractivity contribution is 6.01. The molecule has 3 aromatic rings. The Balaban J connectivity index is 1.75. The van der Waals surface area contributed by atoms with Crippen LogP contribution in [0, 0.1) is 6.92 Å². The summed E-state index contributed by atoms with van der Waals surface area (Å²) in [5.41, 5.74) is 2.69. The first kappa shape index (κ1) is 14.8. The smallest absolute Gasteiger partial charge is 0.323 e. The Kier molecular flexibility index (Phi) is 4.05. The molecule has 0 saturated carbocycles. The van der Waals surface area contributed by atoms with Crippen LogP contribution in [0.2, 0.25) is 0 Å². The molecule has 0 spiro atoms. The van der Waals surface area contributed by atoms with E-state index in [0.717, 1.165) is 11.1 Å². The van der Waals surface area contributed by atoms with E-state index in [0.29, 0.717) is 22.7 Å². The van der Waals surface area contributed by atoms with Crippen molar-refractivity contribution in [2.24, 2.45) is 0 Å². The fraction of sp³-hybridized carbons (Fsp3) is 0.118. The molecule has 2 heterocycles. The molecule has 2 amide bonds. The Morgan fingerprint density at radius 1 is 1.13 bits per heavy atom. The van der Waals surface area contributed by atoms with Gasteiger partial charge in [-0.25, -0.2) is 14.8 Å². The zero-order valence-electron chi connectivity index (χ0n) is 12.8. The lowest BCUT2D eigenvalue weighted by Crippen LogP contribution is -2.20. The lowest BCUT2D eigenvalue weighted by Gasteiger charge is -2.10. The van der Waals surface area contributed by atoms with Crippen molar-refractivity contribution in [3.8, 4) is 5.75 Å². The molecular weight excluding hydrogens is 292 g/mol. The summed E-state index contributed by atoms with van der Waals surface area (Å²) in [4.78, 5) is 20.7. The summed E-state index contributed by atoms with van der Waals surface area (Å²) in [5.74, 6) is 0.734. The monoisotopic (exact) mass is 308 g/mol. The number of ether oxygens (including phenoxy) is 1. The zero-order chi connectivity index (χ0) is 16.2. The minimum absolute atomic E-state index is 0.330. The predicted molar refractivity (Wildman–Crippen MR) is 89.9 cm³/mol. The second-order valence-corrected chi connectivity index (χ2v) is 4.98. The van der Waals surface area contributed by atoms with Crippen LogP contribution in [-0.4, -0.2) is 23.1 Å². The Morgan fingerprint density at radius 2 is 1.91 bits per heavy atom. The summed E-state index contributed by atoms with van der Waals surface area (Å²) < 4.78 is 5.08. The maximum Gasteiger partial charge on any atom is 0.323 e. The van der Waals surface area contributed by atoms with Crippen molar-refractivity contribution in [1.29, 1.82) is 0 Å². The molecule has 2 aromatic heterocycles. The number of benzene rings is 1. The van der Waals surface area contributed by atoms with Gasteiger partial charge in [-0.3, -0.25) is 0 Å². The molecular formula is C17H16N4O2. The van der Waals surface area contributed by atoms with Crippen molar-refractivity contribution >= 4 is 28.4 Å². The number of nitrogens with zero attached hydrogens (tertiary/aromatic N) is 2. The molecule has 0 fully saturated rings. The number of pyridine rings is 2. The summed E-state index contributed by atoms with van der Waals surface area (Å²) in [7, 11) is 1.60. The van der Waals surface area contributed by atoms with Crippen LogP contribution >= 0.6 is 0 Å². The average Bonchev–Trinajstić information content (AvgIpc) is 2.56. The third kappa shape index (κ3) is 3.37. The Hall–Kier alpha value is -3.15. The average molecular weight is 308 g/mol. The highest BCUT2D eigenvalue weighted by Crippen LogP contribution is 2.20. The van der Waals surface area contributed by atoms with Gasteiger partial charge in [0.05, 0.1) is 18.5 Å². The van der Waals surface area contributed by atoms with Gasteiger partial charge in [0.1, 0.15) is 5.75 Å². The number of urea groups is 1. The molecule has 116 valence electrons. The molecule has 0 aliphatic heterocycles. The highest BCUT2D eigenvalue weighted by Gasteiger charge is 2.08. The zero-order valence-corrected chi connectivity index (χ0v) is 12.8. The minimum Gasteiger partial charge on any atom is -0.497 e. The van der Waals surface area contributed by atoms with Gasteiger partial charge in [0.15, 0.2) is 5.65 Å². The number of nitrogens with one attached hydrogen (secondary N) is 2. The van der Waals surface area contributed by atoms with E-state index in [2.05, 4.69) is 20.6 Å². The molecule has 1 aromatic carbocycles. The number of aryl methyl sites for hydroxylation is 1. The van der Waals surface area contributed by atoms with Gasteiger partial charge in [-0.15, -0.1) is 0 Å². The van der Waals surface area contributed by atoms with Crippen LogP contribution in [0.15, 0.2) is 48.7 Å². The molecule has 6 heteroatoms. The van der Waals surface area contributed by atoms with Crippen molar-refractivity contribution in [1.82, 2.24) is 9.97 Å². The molecule has 0 aliphatic rings. The van der Waals surface area contributed by atoms with Crippen LogP contribution < -0.4 is 15.4 Å². The second kappa shape index (κ2) is 6.31. The number of anilines is 2. The molecule has 2 N–H and O–H groups in total. The van der Waals surface area contributed by atoms with Crippen molar-refractivity contribution < 1.29 is 9.53 Å². The van der Waals surface area contributed by atoms with Gasteiger partial charge in [0.2, 0.25) is 0 Å². The summed E-state index contributed by atoms with van der Waals surface area (Å²) in [6.45, 7) is 1.83. The summed E-state index contributed by atoms with van der Waals surface area (Å²) in [5, 5.41) is 6.45. The van der Waals surface area contributed by atoms with Gasteiger partial charge in [-0.2, -0.15) is 0 Å². The number of aromatic nitrogens is 2. The first-order valence-electron chi connectivity index (χ1n) is 7.10. The summed E-state index contributed by atoms with van der Waals surface area (Å²) >= 11 is 0. The Labute approximate surface area is 133 Å². The maximum absolute atomic E-state index is 12.1. The molecule has 0 bridgehead atoms. The van der Waals surface area contributed by atoms with Gasteiger partial charge in [-0.1, -0.05) is 0 Å². The maximum atomic E-state index is 12.1. The first-order valence-corrected chi connectivity index (χ1v) is 7.10. The SMILES string of the molecule is COc1ccc(NC(=O)Nc2cc3cccnc3nc2C)cc1. The summed E-state index contributed by atoms with van der Waals surface area (Å²) in [6.07, 6.45) is 1.69. The van der Waals surface area contributed by atoms with E-state index < -0.39 is 0 Å². The first-order chi connectivity index (χ1) is 11.2. The van der Waals surface area contributed by atoms with Gasteiger partial charge in [0, 0.05) is 17.3 Å². The van der Waals surface area contributed by atoms with Gasteiger partial charge in [0.25, 0.3) is 0 Å². The van der Waals surface area contributed by atoms with Crippen LogP contribution in [0.25, 0.3) is 11.0 Å². The fourth-order valence-corrected chi connectivity index (χ4v) is 2.18. The topological polar surface area (TPSA) is 76.1 Å². The number of hydrogen-bond donors (Lipinski definition) is 2. The number of carbonyl (C=O) groups excluding carboxylic acids is 1. The normalized spacial score (nSPS) is 10.3. The van der Waals surface area contributed by atoms with Gasteiger partial charge in [-0.05, 0) is 49.4 Å². The molecule has 0 saturated heterocycles. The number of methoxy groups -OCH3 is 1. The fourth-order valence-electron chi connectivity index (χ4n) is 2.18. The molecule has 0 unspecified atom stereocenters.